The van der Waals surface area contributed by atoms with Gasteiger partial charge < -0.3 is 14.4 Å². The molecule has 72 valence electrons. The molecule has 0 radical (unpaired) electrons. The molecule has 13 heavy (non-hydrogen) atoms. The highest BCUT2D eigenvalue weighted by atomic mass is 16.5. The van der Waals surface area contributed by atoms with Crippen LogP contribution in [0.15, 0.2) is 10.6 Å². The van der Waals surface area contributed by atoms with E-state index in [4.69, 9.17) is 9.84 Å². The summed E-state index contributed by atoms with van der Waals surface area (Å²) >= 11 is 0. The van der Waals surface area contributed by atoms with Crippen molar-refractivity contribution in [2.75, 3.05) is 7.11 Å². The Balaban J connectivity index is 2.84. The number of aromatic nitrogens is 1. The minimum Gasteiger partial charge on any atom is -0.475 e. The van der Waals surface area contributed by atoms with Gasteiger partial charge in [-0.1, -0.05) is 12.1 Å². The van der Waals surface area contributed by atoms with Crippen molar-refractivity contribution in [3.05, 3.63) is 17.5 Å². The predicted molar refractivity (Wildman–Crippen MR) is 43.5 cm³/mol. The van der Waals surface area contributed by atoms with E-state index in [-0.39, 0.29) is 11.9 Å². The van der Waals surface area contributed by atoms with Crippen LogP contribution in [0.5, 0.6) is 0 Å². The van der Waals surface area contributed by atoms with Crippen molar-refractivity contribution in [3.63, 3.8) is 0 Å². The number of carboxylic acids is 1. The van der Waals surface area contributed by atoms with Crippen molar-refractivity contribution in [1.82, 2.24) is 5.16 Å². The Morgan fingerprint density at radius 1 is 1.85 bits per heavy atom. The molecule has 0 aliphatic rings. The highest BCUT2D eigenvalue weighted by Gasteiger charge is 2.16. The number of rotatable bonds is 4. The Morgan fingerprint density at radius 3 is 2.92 bits per heavy atom. The molecule has 0 aliphatic carbocycles. The number of methoxy groups -OCH3 is 1. The van der Waals surface area contributed by atoms with E-state index < -0.39 is 5.97 Å². The molecule has 1 unspecified atom stereocenters. The van der Waals surface area contributed by atoms with Crippen LogP contribution in [0.3, 0.4) is 0 Å². The summed E-state index contributed by atoms with van der Waals surface area (Å²) in [5, 5.41) is 12.1. The maximum Gasteiger partial charge on any atom is 0.374 e. The molecule has 1 heterocycles. The van der Waals surface area contributed by atoms with Crippen LogP contribution in [0.4, 0.5) is 0 Å². The molecule has 0 bridgehead atoms. The van der Waals surface area contributed by atoms with Gasteiger partial charge in [-0.2, -0.15) is 0 Å². The number of ether oxygens (including phenoxy) is 1. The molecule has 1 aromatic heterocycles. The van der Waals surface area contributed by atoms with E-state index in [1.54, 1.807) is 7.11 Å². The van der Waals surface area contributed by atoms with Gasteiger partial charge in [-0.25, -0.2) is 4.79 Å². The average molecular weight is 185 g/mol. The maximum atomic E-state index is 10.4. The lowest BCUT2D eigenvalue weighted by molar-refractivity contribution is 0.0649. The molecule has 0 aliphatic heterocycles. The van der Waals surface area contributed by atoms with Crippen LogP contribution in [0.2, 0.25) is 0 Å². The summed E-state index contributed by atoms with van der Waals surface area (Å²) < 4.78 is 9.64. The summed E-state index contributed by atoms with van der Waals surface area (Å²) in [6, 6.07) is 1.38. The molecule has 5 heteroatoms. The largest absolute Gasteiger partial charge is 0.475 e. The van der Waals surface area contributed by atoms with Gasteiger partial charge in [0.2, 0.25) is 5.76 Å². The summed E-state index contributed by atoms with van der Waals surface area (Å²) in [5.74, 6) is -1.28. The Morgan fingerprint density at radius 2 is 2.54 bits per heavy atom. The zero-order valence-electron chi connectivity index (χ0n) is 7.48. The summed E-state index contributed by atoms with van der Waals surface area (Å²) in [4.78, 5) is 10.4. The lowest BCUT2D eigenvalue weighted by Gasteiger charge is -2.07. The smallest absolute Gasteiger partial charge is 0.374 e. The van der Waals surface area contributed by atoms with Gasteiger partial charge in [-0.3, -0.25) is 0 Å². The Kier molecular flexibility index (Phi) is 3.02. The predicted octanol–water partition coefficient (Wildman–Crippen LogP) is 1.47. The molecule has 5 nitrogen and oxygen atoms in total. The monoisotopic (exact) mass is 185 g/mol. The second-order valence-electron chi connectivity index (χ2n) is 2.55. The van der Waals surface area contributed by atoms with Crippen molar-refractivity contribution in [3.8, 4) is 0 Å². The third kappa shape index (κ3) is 2.06. The summed E-state index contributed by atoms with van der Waals surface area (Å²) in [7, 11) is 1.54. The standard InChI is InChI=1S/C8H11NO4/c1-3-6(12-2)5-4-7(8(10)11)13-9-5/h4,6H,3H2,1-2H3,(H,10,11). The zero-order chi connectivity index (χ0) is 9.84. The second kappa shape index (κ2) is 4.04. The maximum absolute atomic E-state index is 10.4. The fraction of sp³-hybridized carbons (Fsp3) is 0.500. The number of aromatic carboxylic acids is 1. The van der Waals surface area contributed by atoms with E-state index >= 15 is 0 Å². The number of hydrogen-bond donors (Lipinski definition) is 1. The number of carbonyl (C=O) groups is 1. The minimum atomic E-state index is -1.12. The van der Waals surface area contributed by atoms with Crippen LogP contribution in [0.25, 0.3) is 0 Å². The Labute approximate surface area is 75.3 Å². The lowest BCUT2D eigenvalue weighted by atomic mass is 10.2. The van der Waals surface area contributed by atoms with Crippen LogP contribution >= 0.6 is 0 Å². The van der Waals surface area contributed by atoms with Crippen LogP contribution < -0.4 is 0 Å². The number of nitrogens with zero attached hydrogens (tertiary/aromatic N) is 1. The van der Waals surface area contributed by atoms with Crippen molar-refractivity contribution in [2.45, 2.75) is 19.4 Å². The number of carboxylic acid groups (broad SMARTS) is 1. The van der Waals surface area contributed by atoms with Crippen molar-refractivity contribution >= 4 is 5.97 Å². The first-order valence-corrected chi connectivity index (χ1v) is 3.91. The minimum absolute atomic E-state index is 0.162. The zero-order valence-corrected chi connectivity index (χ0v) is 7.48. The molecule has 0 aromatic carbocycles. The summed E-state index contributed by atoms with van der Waals surface area (Å²) in [6.45, 7) is 1.92. The van der Waals surface area contributed by atoms with Gasteiger partial charge in [0.05, 0.1) is 0 Å². The van der Waals surface area contributed by atoms with E-state index in [9.17, 15) is 4.79 Å². The molecule has 0 spiro atoms. The normalized spacial score (nSPS) is 12.8. The van der Waals surface area contributed by atoms with Gasteiger partial charge in [0.1, 0.15) is 11.8 Å². The van der Waals surface area contributed by atoms with E-state index in [0.717, 1.165) is 6.42 Å². The van der Waals surface area contributed by atoms with E-state index in [0.29, 0.717) is 5.69 Å². The molecule has 1 rings (SSSR count). The quantitative estimate of drug-likeness (QED) is 0.768. The first-order valence-electron chi connectivity index (χ1n) is 3.91. The van der Waals surface area contributed by atoms with E-state index in [2.05, 4.69) is 9.68 Å². The number of hydrogen-bond acceptors (Lipinski definition) is 4. The average Bonchev–Trinajstić information content (AvgIpc) is 2.56. The molecule has 1 N–H and O–H groups in total. The summed E-state index contributed by atoms with van der Waals surface area (Å²) in [5.41, 5.74) is 0.516. The third-order valence-corrected chi connectivity index (χ3v) is 1.72. The van der Waals surface area contributed by atoms with Gasteiger partial charge in [0.15, 0.2) is 0 Å². The van der Waals surface area contributed by atoms with Crippen molar-refractivity contribution in [2.24, 2.45) is 0 Å². The summed E-state index contributed by atoms with van der Waals surface area (Å²) in [6.07, 6.45) is 0.527. The first-order chi connectivity index (χ1) is 6.19. The van der Waals surface area contributed by atoms with Crippen molar-refractivity contribution in [1.29, 1.82) is 0 Å². The Hall–Kier alpha value is -1.36. The lowest BCUT2D eigenvalue weighted by Crippen LogP contribution is -1.99. The molecule has 0 amide bonds. The molecule has 0 fully saturated rings. The SMILES string of the molecule is CCC(OC)c1cc(C(=O)O)on1. The van der Waals surface area contributed by atoms with Gasteiger partial charge in [-0.15, -0.1) is 0 Å². The first kappa shape index (κ1) is 9.73. The topological polar surface area (TPSA) is 72.6 Å². The van der Waals surface area contributed by atoms with Crippen LogP contribution in [0, 0.1) is 0 Å². The van der Waals surface area contributed by atoms with Gasteiger partial charge in [0, 0.05) is 13.2 Å². The van der Waals surface area contributed by atoms with Crippen LogP contribution in [0.1, 0.15) is 35.7 Å². The van der Waals surface area contributed by atoms with Crippen molar-refractivity contribution < 1.29 is 19.2 Å². The van der Waals surface area contributed by atoms with E-state index in [1.165, 1.54) is 6.07 Å². The molecule has 1 aromatic rings. The molecular formula is C8H11NO4. The third-order valence-electron chi connectivity index (χ3n) is 1.72. The second-order valence-corrected chi connectivity index (χ2v) is 2.55. The molecule has 0 saturated carbocycles. The fourth-order valence-corrected chi connectivity index (χ4v) is 1.04. The fourth-order valence-electron chi connectivity index (χ4n) is 1.04. The molecule has 1 atom stereocenters. The van der Waals surface area contributed by atoms with Crippen LogP contribution in [-0.4, -0.2) is 23.3 Å². The van der Waals surface area contributed by atoms with Gasteiger partial charge >= 0.3 is 5.97 Å². The Bertz CT molecular complexity index is 290. The highest BCUT2D eigenvalue weighted by Crippen LogP contribution is 2.19. The van der Waals surface area contributed by atoms with Gasteiger partial charge in [-0.05, 0) is 6.42 Å². The van der Waals surface area contributed by atoms with Crippen LogP contribution in [-0.2, 0) is 4.74 Å². The highest BCUT2D eigenvalue weighted by molar-refractivity contribution is 5.84. The van der Waals surface area contributed by atoms with E-state index in [1.807, 2.05) is 6.92 Å². The molecule has 0 saturated heterocycles. The molecular weight excluding hydrogens is 174 g/mol. The van der Waals surface area contributed by atoms with Gasteiger partial charge in [0.25, 0.3) is 0 Å².